The lowest BCUT2D eigenvalue weighted by atomic mass is 10.0. The molecule has 11 heteroatoms. The number of halogens is 3. The van der Waals surface area contributed by atoms with Crippen LogP contribution in [0, 0.1) is 5.82 Å². The fourth-order valence-corrected chi connectivity index (χ4v) is 5.78. The molecule has 0 bridgehead atoms. The zero-order valence-electron chi connectivity index (χ0n) is 19.9. The van der Waals surface area contributed by atoms with E-state index in [9.17, 15) is 8.78 Å². The Labute approximate surface area is 218 Å². The number of H-pyrrole nitrogens is 2. The third kappa shape index (κ3) is 4.04. The minimum atomic E-state index is -2.66. The molecule has 0 aliphatic carbocycles. The van der Waals surface area contributed by atoms with Crippen molar-refractivity contribution in [2.24, 2.45) is 0 Å². The number of imidazole rings is 1. The number of benzene rings is 1. The van der Waals surface area contributed by atoms with Crippen LogP contribution in [0.1, 0.15) is 12.0 Å². The number of thiophene rings is 1. The van der Waals surface area contributed by atoms with Crippen LogP contribution in [0.2, 0.25) is 0 Å². The first-order chi connectivity index (χ1) is 18.4. The van der Waals surface area contributed by atoms with Crippen LogP contribution in [0.15, 0.2) is 60.4 Å². The summed E-state index contributed by atoms with van der Waals surface area (Å²) in [5.41, 5.74) is 5.14. The van der Waals surface area contributed by atoms with E-state index < -0.39 is 11.7 Å². The third-order valence-corrected chi connectivity index (χ3v) is 7.71. The van der Waals surface area contributed by atoms with E-state index in [1.807, 2.05) is 35.7 Å². The highest BCUT2D eigenvalue weighted by Gasteiger charge is 2.37. The van der Waals surface area contributed by atoms with Crippen LogP contribution >= 0.6 is 11.3 Å². The number of rotatable bonds is 5. The van der Waals surface area contributed by atoms with Crippen molar-refractivity contribution in [1.29, 1.82) is 0 Å². The summed E-state index contributed by atoms with van der Waals surface area (Å²) in [6.07, 6.45) is 4.87. The molecule has 7 rings (SSSR count). The quantitative estimate of drug-likeness (QED) is 0.274. The molecule has 0 atom stereocenters. The molecular weight excluding hydrogens is 511 g/mol. The molecule has 38 heavy (non-hydrogen) atoms. The first-order valence-corrected chi connectivity index (χ1v) is 12.9. The summed E-state index contributed by atoms with van der Waals surface area (Å²) in [5, 5.41) is 9.70. The van der Waals surface area contributed by atoms with Crippen molar-refractivity contribution < 1.29 is 13.2 Å². The number of alkyl halides is 2. The van der Waals surface area contributed by atoms with Gasteiger partial charge in [0, 0.05) is 59.5 Å². The molecule has 0 spiro atoms. The maximum absolute atomic E-state index is 15.2. The van der Waals surface area contributed by atoms with Crippen molar-refractivity contribution in [3.8, 4) is 33.1 Å². The molecule has 0 saturated carbocycles. The van der Waals surface area contributed by atoms with Crippen molar-refractivity contribution in [1.82, 2.24) is 35.0 Å². The monoisotopic (exact) mass is 531 g/mol. The zero-order chi connectivity index (χ0) is 25.9. The van der Waals surface area contributed by atoms with Crippen molar-refractivity contribution in [3.63, 3.8) is 0 Å². The summed E-state index contributed by atoms with van der Waals surface area (Å²) in [6, 6.07) is 11.1. The maximum atomic E-state index is 15.2. The molecule has 1 aromatic carbocycles. The van der Waals surface area contributed by atoms with Crippen molar-refractivity contribution in [2.45, 2.75) is 18.9 Å². The number of aromatic nitrogens is 6. The molecule has 1 fully saturated rings. The molecule has 6 aromatic rings. The molecular formula is C27H20F3N7S. The summed E-state index contributed by atoms with van der Waals surface area (Å²) in [4.78, 5) is 19.5. The number of likely N-dealkylation sites (tertiary alicyclic amines) is 1. The molecule has 7 nitrogen and oxygen atoms in total. The molecule has 1 aliphatic rings. The lowest BCUT2D eigenvalue weighted by Gasteiger charge is -2.15. The fourth-order valence-electron chi connectivity index (χ4n) is 5.02. The maximum Gasteiger partial charge on any atom is 0.261 e. The van der Waals surface area contributed by atoms with Crippen LogP contribution in [0.4, 0.5) is 13.2 Å². The number of aromatic amines is 2. The molecule has 190 valence electrons. The van der Waals surface area contributed by atoms with Crippen molar-refractivity contribution in [2.75, 3.05) is 13.1 Å². The van der Waals surface area contributed by atoms with Crippen LogP contribution in [0.5, 0.6) is 0 Å². The summed E-state index contributed by atoms with van der Waals surface area (Å²) in [7, 11) is 0. The molecule has 0 amide bonds. The highest BCUT2D eigenvalue weighted by atomic mass is 32.1. The summed E-state index contributed by atoms with van der Waals surface area (Å²) < 4.78 is 42.4. The van der Waals surface area contributed by atoms with Gasteiger partial charge in [-0.25, -0.2) is 23.1 Å². The van der Waals surface area contributed by atoms with Gasteiger partial charge < -0.3 is 4.98 Å². The highest BCUT2D eigenvalue weighted by Crippen LogP contribution is 2.35. The normalized spacial score (nSPS) is 15.7. The number of nitrogens with zero attached hydrogens (tertiary/aromatic N) is 5. The smallest absolute Gasteiger partial charge is 0.261 e. The lowest BCUT2D eigenvalue weighted by Crippen LogP contribution is -2.24. The van der Waals surface area contributed by atoms with Crippen LogP contribution in [-0.4, -0.2) is 54.0 Å². The molecule has 0 radical (unpaired) electrons. The van der Waals surface area contributed by atoms with Crippen LogP contribution in [0.25, 0.3) is 55.2 Å². The van der Waals surface area contributed by atoms with E-state index in [4.69, 9.17) is 0 Å². The Morgan fingerprint density at radius 2 is 2.03 bits per heavy atom. The Kier molecular flexibility index (Phi) is 5.31. The van der Waals surface area contributed by atoms with Crippen molar-refractivity contribution >= 4 is 33.4 Å². The average molecular weight is 532 g/mol. The molecule has 1 saturated heterocycles. The van der Waals surface area contributed by atoms with E-state index in [2.05, 4.69) is 30.1 Å². The predicted octanol–water partition coefficient (Wildman–Crippen LogP) is 6.27. The van der Waals surface area contributed by atoms with E-state index in [-0.39, 0.29) is 18.5 Å². The van der Waals surface area contributed by atoms with Gasteiger partial charge in [0.2, 0.25) is 0 Å². The number of fused-ring (bicyclic) bond motifs is 2. The van der Waals surface area contributed by atoms with Gasteiger partial charge in [-0.3, -0.25) is 15.0 Å². The average Bonchev–Trinajstić information content (AvgIpc) is 3.70. The summed E-state index contributed by atoms with van der Waals surface area (Å²) in [5.74, 6) is -2.65. The number of hydrogen-bond acceptors (Lipinski definition) is 6. The second kappa shape index (κ2) is 8.74. The first-order valence-electron chi connectivity index (χ1n) is 12.0. The largest absolute Gasteiger partial charge is 0.335 e. The van der Waals surface area contributed by atoms with E-state index in [0.717, 1.165) is 21.5 Å². The molecule has 0 unspecified atom stereocenters. The fraction of sp³-hybridized carbons (Fsp3) is 0.185. The second-order valence-corrected chi connectivity index (χ2v) is 10.4. The van der Waals surface area contributed by atoms with Gasteiger partial charge in [0.1, 0.15) is 11.2 Å². The highest BCUT2D eigenvalue weighted by molar-refractivity contribution is 7.13. The van der Waals surface area contributed by atoms with Gasteiger partial charge in [0.25, 0.3) is 5.92 Å². The summed E-state index contributed by atoms with van der Waals surface area (Å²) in [6.45, 7) is 0.421. The second-order valence-electron chi connectivity index (χ2n) is 9.47. The van der Waals surface area contributed by atoms with Gasteiger partial charge in [-0.05, 0) is 46.8 Å². The third-order valence-electron chi connectivity index (χ3n) is 6.81. The van der Waals surface area contributed by atoms with Gasteiger partial charge >= 0.3 is 0 Å². The van der Waals surface area contributed by atoms with E-state index in [1.54, 1.807) is 34.8 Å². The Hall–Kier alpha value is -4.09. The first kappa shape index (κ1) is 23.1. The Morgan fingerprint density at radius 1 is 1.11 bits per heavy atom. The topological polar surface area (TPSA) is 86.4 Å². The van der Waals surface area contributed by atoms with Gasteiger partial charge in [-0.1, -0.05) is 6.07 Å². The SMILES string of the molecule is Fc1cc(-c2cncc(CN3CCC(F)(F)C3)c2)cc2c(-c3nc4nccc(-c5cccs5)c4[nH]3)[nH]nc12. The Morgan fingerprint density at radius 3 is 2.84 bits per heavy atom. The number of pyridine rings is 2. The van der Waals surface area contributed by atoms with Crippen LogP contribution in [0.3, 0.4) is 0 Å². The Balaban J connectivity index is 1.27. The standard InChI is InChI=1S/C27H20F3N7S/c28-20-10-16(17-8-15(11-31-12-17)13-37-6-4-27(29,30)14-37)9-19-22(20)35-36-24(19)26-33-23-18(21-2-1-7-38-21)3-5-32-25(23)34-26/h1-3,5,7-12H,4,6,13-14H2,(H,35,36)(H,32,33,34). The minimum absolute atomic E-state index is 0.141. The molecule has 5 aromatic heterocycles. The van der Waals surface area contributed by atoms with E-state index >= 15 is 4.39 Å². The van der Waals surface area contributed by atoms with Crippen molar-refractivity contribution in [3.05, 3.63) is 71.7 Å². The molecule has 6 heterocycles. The number of hydrogen-bond donors (Lipinski definition) is 2. The van der Waals surface area contributed by atoms with E-state index in [0.29, 0.717) is 46.8 Å². The van der Waals surface area contributed by atoms with Crippen LogP contribution < -0.4 is 0 Å². The van der Waals surface area contributed by atoms with Gasteiger partial charge in [-0.15, -0.1) is 11.3 Å². The molecule has 1 aliphatic heterocycles. The Bertz CT molecular complexity index is 1790. The van der Waals surface area contributed by atoms with Gasteiger partial charge in [-0.2, -0.15) is 5.10 Å². The van der Waals surface area contributed by atoms with Crippen LogP contribution in [-0.2, 0) is 6.54 Å². The van der Waals surface area contributed by atoms with Gasteiger partial charge in [0.15, 0.2) is 17.3 Å². The summed E-state index contributed by atoms with van der Waals surface area (Å²) >= 11 is 1.62. The molecule has 2 N–H and O–H groups in total. The zero-order valence-corrected chi connectivity index (χ0v) is 20.7. The minimum Gasteiger partial charge on any atom is -0.335 e. The predicted molar refractivity (Wildman–Crippen MR) is 140 cm³/mol. The van der Waals surface area contributed by atoms with E-state index in [1.165, 1.54) is 6.07 Å². The van der Waals surface area contributed by atoms with Gasteiger partial charge in [0.05, 0.1) is 12.1 Å². The lowest BCUT2D eigenvalue weighted by molar-refractivity contribution is 0.0115. The number of nitrogens with one attached hydrogen (secondary N) is 2.